The third-order valence-corrected chi connectivity index (χ3v) is 1.46. The first kappa shape index (κ1) is 10.9. The largest absolute Gasteiger partial charge is 0.368 e. The van der Waals surface area contributed by atoms with Crippen molar-refractivity contribution in [3.63, 3.8) is 0 Å². The molecular weight excluding hydrogens is 198 g/mol. The van der Waals surface area contributed by atoms with E-state index in [4.69, 9.17) is 21.4 Å². The van der Waals surface area contributed by atoms with Gasteiger partial charge >= 0.3 is 0 Å². The van der Waals surface area contributed by atoms with Gasteiger partial charge in [0.1, 0.15) is 0 Å². The van der Waals surface area contributed by atoms with Crippen LogP contribution in [0.5, 0.6) is 0 Å². The molecule has 0 aromatic heterocycles. The third kappa shape index (κ3) is 3.61. The van der Waals surface area contributed by atoms with E-state index in [2.05, 4.69) is 4.99 Å². The summed E-state index contributed by atoms with van der Waals surface area (Å²) in [5, 5.41) is 24.9. The summed E-state index contributed by atoms with van der Waals surface area (Å²) in [6, 6.07) is 8.25. The van der Waals surface area contributed by atoms with Crippen LogP contribution in [0.3, 0.4) is 0 Å². The molecule has 5 N–H and O–H groups in total. The van der Waals surface area contributed by atoms with Crippen molar-refractivity contribution in [2.24, 2.45) is 10.7 Å². The van der Waals surface area contributed by atoms with E-state index >= 15 is 0 Å². The molecule has 0 fully saturated rings. The molecule has 0 aliphatic heterocycles. The minimum absolute atomic E-state index is 0.190. The highest BCUT2D eigenvalue weighted by Crippen LogP contribution is 2.11. The number of guanidine groups is 1. The van der Waals surface area contributed by atoms with E-state index in [1.165, 1.54) is 0 Å². The molecule has 1 rings (SSSR count). The Morgan fingerprint density at radius 2 is 2.00 bits per heavy atom. The number of nitrogens with two attached hydrogens (primary N) is 1. The quantitative estimate of drug-likeness (QED) is 0.310. The lowest BCUT2D eigenvalue weighted by atomic mass is 10.2. The maximum Gasteiger partial charge on any atom is 0.212 e. The number of hydrazine groups is 1. The molecule has 0 amide bonds. The summed E-state index contributed by atoms with van der Waals surface area (Å²) in [5.74, 6) is -0.190. The maximum absolute atomic E-state index is 8.53. The summed E-state index contributed by atoms with van der Waals surface area (Å²) in [6.45, 7) is 0. The van der Waals surface area contributed by atoms with Gasteiger partial charge in [0.2, 0.25) is 5.96 Å². The normalized spacial score (nSPS) is 11.2. The lowest BCUT2D eigenvalue weighted by Gasteiger charge is -2.07. The van der Waals surface area contributed by atoms with Crippen molar-refractivity contribution in [2.75, 3.05) is 0 Å². The van der Waals surface area contributed by atoms with Gasteiger partial charge in [-0.05, 0) is 24.3 Å². The fraction of sp³-hybridized carbons (Fsp3) is 0. The van der Waals surface area contributed by atoms with Crippen molar-refractivity contribution < 1.29 is 10.4 Å². The summed E-state index contributed by atoms with van der Waals surface area (Å²) in [7, 11) is 0. The first-order valence-electron chi connectivity index (χ1n) is 3.90. The second-order valence-electron chi connectivity index (χ2n) is 2.56. The van der Waals surface area contributed by atoms with Crippen LogP contribution in [-0.4, -0.2) is 21.7 Å². The van der Waals surface area contributed by atoms with E-state index in [0.717, 1.165) is 0 Å². The summed E-state index contributed by atoms with van der Waals surface area (Å²) in [4.78, 5) is 3.79. The molecule has 0 spiro atoms. The molecule has 0 saturated heterocycles. The Morgan fingerprint density at radius 3 is 2.47 bits per heavy atom. The molecule has 0 aliphatic carbocycles. The minimum Gasteiger partial charge on any atom is -0.368 e. The van der Waals surface area contributed by atoms with Crippen LogP contribution >= 0.6 is 0 Å². The second kappa shape index (κ2) is 4.92. The van der Waals surface area contributed by atoms with Gasteiger partial charge in [0.05, 0.1) is 17.3 Å². The molecule has 78 valence electrons. The third-order valence-electron chi connectivity index (χ3n) is 1.46. The number of aliphatic imine (C=N–C) groups is 1. The molecule has 0 bridgehead atoms. The Labute approximate surface area is 85.6 Å². The molecule has 0 heterocycles. The van der Waals surface area contributed by atoms with Crippen molar-refractivity contribution in [3.8, 4) is 6.07 Å². The van der Waals surface area contributed by atoms with Crippen LogP contribution < -0.4 is 11.2 Å². The number of rotatable bonds is 2. The van der Waals surface area contributed by atoms with Gasteiger partial charge in [-0.15, -0.1) is 0 Å². The summed E-state index contributed by atoms with van der Waals surface area (Å²) in [6.07, 6.45) is 0. The van der Waals surface area contributed by atoms with Crippen LogP contribution in [0.1, 0.15) is 5.56 Å². The summed E-state index contributed by atoms with van der Waals surface area (Å²) < 4.78 is 0. The predicted octanol–water partition coefficient (Wildman–Crippen LogP) is 0.0895. The van der Waals surface area contributed by atoms with Crippen LogP contribution in [0.4, 0.5) is 5.69 Å². The molecule has 1 aromatic rings. The summed E-state index contributed by atoms with van der Waals surface area (Å²) in [5.41, 5.74) is 8.21. The predicted molar refractivity (Wildman–Crippen MR) is 51.0 cm³/mol. The topological polar surface area (TPSA) is 118 Å². The SMILES string of the molecule is N#Cc1ccc(N=C(N)NN(O)O)cc1. The van der Waals surface area contributed by atoms with Gasteiger partial charge in [-0.25, -0.2) is 10.4 Å². The molecule has 1 aromatic carbocycles. The van der Waals surface area contributed by atoms with Crippen molar-refractivity contribution in [1.29, 1.82) is 5.26 Å². The van der Waals surface area contributed by atoms with Gasteiger partial charge in [0.25, 0.3) is 0 Å². The van der Waals surface area contributed by atoms with E-state index in [1.807, 2.05) is 11.5 Å². The van der Waals surface area contributed by atoms with Crippen molar-refractivity contribution in [2.45, 2.75) is 0 Å². The Morgan fingerprint density at radius 1 is 1.40 bits per heavy atom. The molecule has 0 saturated carbocycles. The van der Waals surface area contributed by atoms with E-state index < -0.39 is 0 Å². The van der Waals surface area contributed by atoms with Gasteiger partial charge < -0.3 is 5.73 Å². The number of benzene rings is 1. The molecule has 0 unspecified atom stereocenters. The highest BCUT2D eigenvalue weighted by atomic mass is 16.8. The van der Waals surface area contributed by atoms with E-state index in [-0.39, 0.29) is 11.3 Å². The van der Waals surface area contributed by atoms with Crippen molar-refractivity contribution in [1.82, 2.24) is 10.8 Å². The van der Waals surface area contributed by atoms with Crippen LogP contribution in [0, 0.1) is 11.3 Å². The van der Waals surface area contributed by atoms with Crippen molar-refractivity contribution >= 4 is 11.6 Å². The lowest BCUT2D eigenvalue weighted by molar-refractivity contribution is -0.329. The minimum atomic E-state index is -0.303. The highest BCUT2D eigenvalue weighted by Gasteiger charge is 1.96. The molecule has 7 nitrogen and oxygen atoms in total. The second-order valence-corrected chi connectivity index (χ2v) is 2.56. The molecule has 0 radical (unpaired) electrons. The molecular formula is C8H9N5O2. The number of nitrogens with zero attached hydrogens (tertiary/aromatic N) is 3. The molecule has 0 atom stereocenters. The number of nitrogens with one attached hydrogen (secondary N) is 1. The fourth-order valence-electron chi connectivity index (χ4n) is 0.877. The van der Waals surface area contributed by atoms with E-state index in [1.54, 1.807) is 24.3 Å². The molecule has 7 heteroatoms. The average Bonchev–Trinajstić information content (AvgIpc) is 2.17. The van der Waals surface area contributed by atoms with Gasteiger partial charge in [0.15, 0.2) is 0 Å². The molecule has 0 aliphatic rings. The fourth-order valence-corrected chi connectivity index (χ4v) is 0.877. The Balaban J connectivity index is 2.76. The Kier molecular flexibility index (Phi) is 3.59. The van der Waals surface area contributed by atoms with Gasteiger partial charge in [-0.3, -0.25) is 10.4 Å². The zero-order valence-electron chi connectivity index (χ0n) is 7.62. The highest BCUT2D eigenvalue weighted by molar-refractivity contribution is 5.80. The van der Waals surface area contributed by atoms with Crippen LogP contribution in [0.15, 0.2) is 29.3 Å². The zero-order valence-corrected chi connectivity index (χ0v) is 7.62. The van der Waals surface area contributed by atoms with Crippen LogP contribution in [0.25, 0.3) is 0 Å². The van der Waals surface area contributed by atoms with Gasteiger partial charge in [-0.2, -0.15) is 5.26 Å². The van der Waals surface area contributed by atoms with Gasteiger partial charge in [-0.1, -0.05) is 0 Å². The smallest absolute Gasteiger partial charge is 0.212 e. The number of hydrogen-bond acceptors (Lipinski definition) is 5. The van der Waals surface area contributed by atoms with Crippen molar-refractivity contribution in [3.05, 3.63) is 29.8 Å². The van der Waals surface area contributed by atoms with E-state index in [9.17, 15) is 0 Å². The summed E-state index contributed by atoms with van der Waals surface area (Å²) >= 11 is 0. The maximum atomic E-state index is 8.53. The Bertz CT molecular complexity index is 392. The molecule has 15 heavy (non-hydrogen) atoms. The zero-order chi connectivity index (χ0) is 11.3. The monoisotopic (exact) mass is 207 g/mol. The first-order chi connectivity index (χ1) is 7.11. The van der Waals surface area contributed by atoms with Gasteiger partial charge in [0, 0.05) is 5.34 Å². The van der Waals surface area contributed by atoms with E-state index in [0.29, 0.717) is 11.3 Å². The first-order valence-corrected chi connectivity index (χ1v) is 3.90. The standard InChI is InChI=1S/C8H9N5O2/c9-5-6-1-3-7(4-2-6)11-8(10)12-13(14)15/h1-4,14-15H,(H3,10,11,12). The Hall–Kier alpha value is -2.14. The van der Waals surface area contributed by atoms with Crippen LogP contribution in [0.2, 0.25) is 0 Å². The number of hydrogen-bond donors (Lipinski definition) is 4. The van der Waals surface area contributed by atoms with Crippen LogP contribution in [-0.2, 0) is 0 Å². The average molecular weight is 207 g/mol. The number of nitriles is 1. The lowest BCUT2D eigenvalue weighted by Crippen LogP contribution is -2.41.